The van der Waals surface area contributed by atoms with Crippen molar-refractivity contribution in [2.45, 2.75) is 26.7 Å². The normalized spacial score (nSPS) is 10.5. The van der Waals surface area contributed by atoms with Gasteiger partial charge in [-0.05, 0) is 25.5 Å². The van der Waals surface area contributed by atoms with Crippen molar-refractivity contribution in [3.63, 3.8) is 0 Å². The Hall–Kier alpha value is -2.28. The molecule has 0 saturated heterocycles. The van der Waals surface area contributed by atoms with Crippen LogP contribution in [-0.4, -0.2) is 22.2 Å². The number of rotatable bonds is 7. The van der Waals surface area contributed by atoms with Crippen LogP contribution in [-0.2, 0) is 12.8 Å². The number of hydrogen-bond donors (Lipinski definition) is 1. The summed E-state index contributed by atoms with van der Waals surface area (Å²) in [6.45, 7) is 4.08. The van der Waals surface area contributed by atoms with Gasteiger partial charge in [0.25, 0.3) is 5.69 Å². The molecule has 0 saturated carbocycles. The van der Waals surface area contributed by atoms with E-state index in [1.54, 1.807) is 17.4 Å². The Bertz CT molecular complexity index is 697. The Morgan fingerprint density at radius 3 is 2.82 bits per heavy atom. The van der Waals surface area contributed by atoms with Crippen LogP contribution in [0.1, 0.15) is 34.1 Å². The third-order valence-electron chi connectivity index (χ3n) is 3.19. The third-order valence-corrected chi connectivity index (χ3v) is 4.39. The summed E-state index contributed by atoms with van der Waals surface area (Å²) in [5, 5.41) is 15.1. The van der Waals surface area contributed by atoms with E-state index in [0.29, 0.717) is 12.2 Å². The van der Waals surface area contributed by atoms with E-state index in [0.717, 1.165) is 17.8 Å². The van der Waals surface area contributed by atoms with Crippen LogP contribution in [0, 0.1) is 10.1 Å². The quantitative estimate of drug-likeness (QED) is 0.480. The van der Waals surface area contributed by atoms with Crippen molar-refractivity contribution in [3.8, 4) is 0 Å². The van der Waals surface area contributed by atoms with Gasteiger partial charge in [-0.2, -0.15) is 0 Å². The van der Waals surface area contributed by atoms with Crippen LogP contribution >= 0.6 is 11.3 Å². The maximum absolute atomic E-state index is 11.5. The number of nitrogens with zero attached hydrogens (tertiary/aromatic N) is 2. The van der Waals surface area contributed by atoms with Crippen LogP contribution in [0.5, 0.6) is 0 Å². The lowest BCUT2D eigenvalue weighted by molar-refractivity contribution is -0.385. The molecule has 0 aliphatic rings. The average molecular weight is 319 g/mol. The number of carbonyl (C=O) groups excluding carboxylic acids is 1. The monoisotopic (exact) mass is 319 g/mol. The first-order chi connectivity index (χ1) is 10.5. The number of nitrogens with one attached hydrogen (secondary N) is 1. The van der Waals surface area contributed by atoms with E-state index in [1.165, 1.54) is 23.9 Å². The van der Waals surface area contributed by atoms with Crippen molar-refractivity contribution in [1.29, 1.82) is 0 Å². The SMILES string of the molecule is CCc1cnc(CCNc2ccc([N+](=O)[O-])c(C(C)=O)c2)s1. The van der Waals surface area contributed by atoms with E-state index in [-0.39, 0.29) is 17.0 Å². The second-order valence-electron chi connectivity index (χ2n) is 4.80. The van der Waals surface area contributed by atoms with E-state index in [4.69, 9.17) is 0 Å². The van der Waals surface area contributed by atoms with E-state index >= 15 is 0 Å². The van der Waals surface area contributed by atoms with E-state index in [1.807, 2.05) is 6.20 Å². The first-order valence-electron chi connectivity index (χ1n) is 6.98. The van der Waals surface area contributed by atoms with Crippen molar-refractivity contribution in [2.24, 2.45) is 0 Å². The van der Waals surface area contributed by atoms with E-state index < -0.39 is 4.92 Å². The van der Waals surface area contributed by atoms with Crippen LogP contribution in [0.15, 0.2) is 24.4 Å². The molecular formula is C15H17N3O3S. The van der Waals surface area contributed by atoms with Gasteiger partial charge in [0.05, 0.1) is 15.5 Å². The molecule has 116 valence electrons. The number of anilines is 1. The smallest absolute Gasteiger partial charge is 0.280 e. The number of benzene rings is 1. The molecule has 2 aromatic rings. The molecule has 1 N–H and O–H groups in total. The molecule has 1 aromatic heterocycles. The number of ketones is 1. The van der Waals surface area contributed by atoms with Crippen LogP contribution in [0.4, 0.5) is 11.4 Å². The molecule has 0 unspecified atom stereocenters. The number of hydrogen-bond acceptors (Lipinski definition) is 6. The molecule has 6 nitrogen and oxygen atoms in total. The number of carbonyl (C=O) groups is 1. The van der Waals surface area contributed by atoms with Gasteiger partial charge in [0.15, 0.2) is 5.78 Å². The Morgan fingerprint density at radius 1 is 1.45 bits per heavy atom. The zero-order valence-corrected chi connectivity index (χ0v) is 13.3. The van der Waals surface area contributed by atoms with Crippen LogP contribution in [0.3, 0.4) is 0 Å². The van der Waals surface area contributed by atoms with Crippen LogP contribution in [0.25, 0.3) is 0 Å². The molecule has 0 fully saturated rings. The van der Waals surface area contributed by atoms with Crippen molar-refractivity contribution in [1.82, 2.24) is 4.98 Å². The maximum atomic E-state index is 11.5. The van der Waals surface area contributed by atoms with Gasteiger partial charge in [0.2, 0.25) is 0 Å². The molecule has 0 spiro atoms. The van der Waals surface area contributed by atoms with Gasteiger partial charge < -0.3 is 5.32 Å². The number of nitro groups is 1. The minimum Gasteiger partial charge on any atom is -0.385 e. The maximum Gasteiger partial charge on any atom is 0.280 e. The minimum atomic E-state index is -0.539. The summed E-state index contributed by atoms with van der Waals surface area (Å²) < 4.78 is 0. The molecule has 2 rings (SSSR count). The number of aryl methyl sites for hydroxylation is 1. The van der Waals surface area contributed by atoms with Gasteiger partial charge in [0, 0.05) is 35.8 Å². The van der Waals surface area contributed by atoms with Crippen molar-refractivity contribution in [2.75, 3.05) is 11.9 Å². The van der Waals surface area contributed by atoms with Crippen LogP contribution < -0.4 is 5.32 Å². The number of nitro benzene ring substituents is 1. The topological polar surface area (TPSA) is 85.1 Å². The molecule has 0 aliphatic heterocycles. The van der Waals surface area contributed by atoms with E-state index in [2.05, 4.69) is 17.2 Å². The van der Waals surface area contributed by atoms with Crippen molar-refractivity contribution in [3.05, 3.63) is 50.0 Å². The first-order valence-corrected chi connectivity index (χ1v) is 7.79. The fourth-order valence-corrected chi connectivity index (χ4v) is 2.89. The van der Waals surface area contributed by atoms with Gasteiger partial charge in [-0.15, -0.1) is 11.3 Å². The summed E-state index contributed by atoms with van der Waals surface area (Å²) in [6, 6.07) is 4.50. The van der Waals surface area contributed by atoms with Gasteiger partial charge in [-0.1, -0.05) is 6.92 Å². The summed E-state index contributed by atoms with van der Waals surface area (Å²) in [5.41, 5.74) is 0.658. The van der Waals surface area contributed by atoms with Crippen LogP contribution in [0.2, 0.25) is 0 Å². The fraction of sp³-hybridized carbons (Fsp3) is 0.333. The predicted octanol–water partition coefficient (Wildman–Crippen LogP) is 3.47. The summed E-state index contributed by atoms with van der Waals surface area (Å²) in [7, 11) is 0. The lowest BCUT2D eigenvalue weighted by atomic mass is 10.1. The molecule has 0 aliphatic carbocycles. The van der Waals surface area contributed by atoms with Gasteiger partial charge in [-0.25, -0.2) is 4.98 Å². The zero-order chi connectivity index (χ0) is 16.1. The minimum absolute atomic E-state index is 0.123. The first kappa shape index (κ1) is 16.1. The van der Waals surface area contributed by atoms with Crippen molar-refractivity contribution < 1.29 is 9.72 Å². The molecule has 1 heterocycles. The Kier molecular flexibility index (Phi) is 5.21. The standard InChI is InChI=1S/C15H17N3O3S/c1-3-12-9-17-15(22-12)6-7-16-11-4-5-14(18(20)21)13(8-11)10(2)19/h4-5,8-9,16H,3,6-7H2,1-2H3. The largest absolute Gasteiger partial charge is 0.385 e. The second-order valence-corrected chi connectivity index (χ2v) is 6.00. The van der Waals surface area contributed by atoms with Gasteiger partial charge in [-0.3, -0.25) is 14.9 Å². The number of thiazole rings is 1. The average Bonchev–Trinajstić information content (AvgIpc) is 2.95. The van der Waals surface area contributed by atoms with Gasteiger partial charge in [0.1, 0.15) is 0 Å². The molecule has 0 bridgehead atoms. The highest BCUT2D eigenvalue weighted by atomic mass is 32.1. The van der Waals surface area contributed by atoms with Crippen molar-refractivity contribution >= 4 is 28.5 Å². The predicted molar refractivity (Wildman–Crippen MR) is 86.8 cm³/mol. The fourth-order valence-electron chi connectivity index (χ4n) is 2.03. The molecule has 1 aromatic carbocycles. The third kappa shape index (κ3) is 3.88. The number of aromatic nitrogens is 1. The summed E-state index contributed by atoms with van der Waals surface area (Å²) in [6.07, 6.45) is 3.65. The summed E-state index contributed by atoms with van der Waals surface area (Å²) >= 11 is 1.69. The van der Waals surface area contributed by atoms with Gasteiger partial charge >= 0.3 is 0 Å². The highest BCUT2D eigenvalue weighted by Gasteiger charge is 2.17. The number of Topliss-reactive ketones (excluding diaryl/α,β-unsaturated/α-hetero) is 1. The molecular weight excluding hydrogens is 302 g/mol. The highest BCUT2D eigenvalue weighted by Crippen LogP contribution is 2.23. The van der Waals surface area contributed by atoms with E-state index in [9.17, 15) is 14.9 Å². The summed E-state index contributed by atoms with van der Waals surface area (Å²) in [4.78, 5) is 27.5. The summed E-state index contributed by atoms with van der Waals surface area (Å²) in [5.74, 6) is -0.317. The molecule has 0 radical (unpaired) electrons. The molecule has 22 heavy (non-hydrogen) atoms. The molecule has 7 heteroatoms. The Labute approximate surface area is 132 Å². The lowest BCUT2D eigenvalue weighted by Crippen LogP contribution is -2.07. The zero-order valence-electron chi connectivity index (χ0n) is 12.5. The lowest BCUT2D eigenvalue weighted by Gasteiger charge is -2.07. The Morgan fingerprint density at radius 2 is 2.23 bits per heavy atom. The second kappa shape index (κ2) is 7.13. The molecule has 0 amide bonds. The molecule has 0 atom stereocenters. The Balaban J connectivity index is 2.02. The highest BCUT2D eigenvalue weighted by molar-refractivity contribution is 7.11.